The van der Waals surface area contributed by atoms with E-state index in [9.17, 15) is 9.90 Å². The largest absolute Gasteiger partial charge is 0.508 e. The Morgan fingerprint density at radius 3 is 2.52 bits per heavy atom. The van der Waals surface area contributed by atoms with E-state index < -0.39 is 6.03 Å². The average Bonchev–Trinajstić information content (AvgIpc) is 3.24. The summed E-state index contributed by atoms with van der Waals surface area (Å²) in [7, 11) is 0. The minimum Gasteiger partial charge on any atom is -0.508 e. The number of thiazole rings is 1. The number of nitrogens with zero attached hydrogens (tertiary/aromatic N) is 2. The van der Waals surface area contributed by atoms with Gasteiger partial charge in [0.05, 0.1) is 6.20 Å². The lowest BCUT2D eigenvalue weighted by Gasteiger charge is -2.12. The van der Waals surface area contributed by atoms with Crippen molar-refractivity contribution in [2.45, 2.75) is 26.2 Å². The molecule has 140 valence electrons. The number of oxazole rings is 1. The Balaban J connectivity index is 1.58. The minimum absolute atomic E-state index is 0.0917. The molecule has 2 amide bonds. The zero-order chi connectivity index (χ0) is 19.4. The molecule has 0 radical (unpaired) electrons. The van der Waals surface area contributed by atoms with Gasteiger partial charge < -0.3 is 14.8 Å². The van der Waals surface area contributed by atoms with Crippen LogP contribution in [0, 0.1) is 0 Å². The van der Waals surface area contributed by atoms with Crippen LogP contribution in [0.25, 0.3) is 12.2 Å². The van der Waals surface area contributed by atoms with Crippen LogP contribution in [0.15, 0.2) is 41.1 Å². The number of rotatable bonds is 4. The normalized spacial score (nSPS) is 11.7. The summed E-state index contributed by atoms with van der Waals surface area (Å²) < 4.78 is 5.70. The molecule has 0 fully saturated rings. The highest BCUT2D eigenvalue weighted by molar-refractivity contribution is 7.16. The number of hydrogen-bond acceptors (Lipinski definition) is 6. The minimum atomic E-state index is -0.409. The van der Waals surface area contributed by atoms with Gasteiger partial charge in [0.25, 0.3) is 0 Å². The number of carbonyl (C=O) groups excluding carboxylic acids is 1. The number of aromatic nitrogens is 2. The zero-order valence-corrected chi connectivity index (χ0v) is 16.0. The van der Waals surface area contributed by atoms with Gasteiger partial charge in [0, 0.05) is 28.3 Å². The van der Waals surface area contributed by atoms with Crippen LogP contribution in [0.1, 0.15) is 37.3 Å². The molecule has 2 heterocycles. The third-order valence-corrected chi connectivity index (χ3v) is 4.40. The fourth-order valence-electron chi connectivity index (χ4n) is 2.09. The van der Waals surface area contributed by atoms with Gasteiger partial charge >= 0.3 is 6.03 Å². The van der Waals surface area contributed by atoms with Gasteiger partial charge in [-0.2, -0.15) is 0 Å². The molecule has 3 rings (SSSR count). The van der Waals surface area contributed by atoms with Gasteiger partial charge in [0.2, 0.25) is 5.89 Å². The molecule has 0 saturated heterocycles. The fourth-order valence-corrected chi connectivity index (χ4v) is 2.80. The number of amides is 2. The number of aromatic hydroxyl groups is 1. The fraction of sp³-hybridized carbons (Fsp3) is 0.211. The van der Waals surface area contributed by atoms with E-state index in [0.29, 0.717) is 16.7 Å². The van der Waals surface area contributed by atoms with Gasteiger partial charge in [-0.25, -0.2) is 14.8 Å². The van der Waals surface area contributed by atoms with E-state index in [1.807, 2.05) is 6.08 Å². The SMILES string of the molecule is CC(C)(C)c1cnc(C=Cc2cnc(NC(=O)Nc3ccc(O)cc3)s2)o1. The van der Waals surface area contributed by atoms with Crippen molar-refractivity contribution >= 4 is 40.3 Å². The summed E-state index contributed by atoms with van der Waals surface area (Å²) in [6.07, 6.45) is 6.99. The maximum atomic E-state index is 12.0. The van der Waals surface area contributed by atoms with Gasteiger partial charge in [0.15, 0.2) is 5.13 Å². The van der Waals surface area contributed by atoms with Crippen molar-refractivity contribution in [3.05, 3.63) is 53.2 Å². The lowest BCUT2D eigenvalue weighted by Crippen LogP contribution is -2.19. The number of urea groups is 1. The molecule has 2 aromatic heterocycles. The molecule has 8 heteroatoms. The van der Waals surface area contributed by atoms with Crippen molar-refractivity contribution in [2.75, 3.05) is 10.6 Å². The summed E-state index contributed by atoms with van der Waals surface area (Å²) >= 11 is 1.33. The van der Waals surface area contributed by atoms with Crippen LogP contribution >= 0.6 is 11.3 Å². The molecule has 7 nitrogen and oxygen atoms in total. The molecule has 1 aromatic carbocycles. The topological polar surface area (TPSA) is 100 Å². The van der Waals surface area contributed by atoms with E-state index in [1.54, 1.807) is 30.6 Å². The molecule has 0 atom stereocenters. The lowest BCUT2D eigenvalue weighted by molar-refractivity contribution is 0.262. The maximum absolute atomic E-state index is 12.0. The number of benzene rings is 1. The molecule has 0 aliphatic rings. The molecule has 0 aliphatic heterocycles. The van der Waals surface area contributed by atoms with Crippen LogP contribution in [-0.2, 0) is 5.41 Å². The van der Waals surface area contributed by atoms with Crippen LogP contribution in [0.3, 0.4) is 0 Å². The van der Waals surface area contributed by atoms with Crippen molar-refractivity contribution < 1.29 is 14.3 Å². The number of anilines is 2. The smallest absolute Gasteiger partial charge is 0.325 e. The van der Waals surface area contributed by atoms with E-state index in [4.69, 9.17) is 4.42 Å². The van der Waals surface area contributed by atoms with Gasteiger partial charge in [-0.3, -0.25) is 5.32 Å². The third kappa shape index (κ3) is 5.18. The predicted molar refractivity (Wildman–Crippen MR) is 107 cm³/mol. The summed E-state index contributed by atoms with van der Waals surface area (Å²) in [6, 6.07) is 5.79. The van der Waals surface area contributed by atoms with Gasteiger partial charge in [0.1, 0.15) is 11.5 Å². The van der Waals surface area contributed by atoms with E-state index in [-0.39, 0.29) is 11.2 Å². The molecule has 27 heavy (non-hydrogen) atoms. The number of carbonyl (C=O) groups is 1. The van der Waals surface area contributed by atoms with E-state index in [2.05, 4.69) is 41.4 Å². The second kappa shape index (κ2) is 7.63. The lowest BCUT2D eigenvalue weighted by atomic mass is 9.94. The highest BCUT2D eigenvalue weighted by Gasteiger charge is 2.18. The molecule has 3 aromatic rings. The first-order chi connectivity index (χ1) is 12.8. The second-order valence-electron chi connectivity index (χ2n) is 6.84. The molecule has 0 bridgehead atoms. The van der Waals surface area contributed by atoms with Crippen LogP contribution in [-0.4, -0.2) is 21.1 Å². The van der Waals surface area contributed by atoms with Crippen molar-refractivity contribution in [2.24, 2.45) is 0 Å². The van der Waals surface area contributed by atoms with Gasteiger partial charge in [-0.05, 0) is 30.3 Å². The van der Waals surface area contributed by atoms with Crippen molar-refractivity contribution in [1.82, 2.24) is 9.97 Å². The summed E-state index contributed by atoms with van der Waals surface area (Å²) in [5.74, 6) is 1.48. The molecule has 0 aliphatic carbocycles. The highest BCUT2D eigenvalue weighted by Crippen LogP contribution is 2.24. The van der Waals surface area contributed by atoms with Crippen LogP contribution < -0.4 is 10.6 Å². The number of nitrogens with one attached hydrogen (secondary N) is 2. The molecule has 0 spiro atoms. The monoisotopic (exact) mass is 384 g/mol. The number of phenolic OH excluding ortho intramolecular Hbond substituents is 1. The van der Waals surface area contributed by atoms with Gasteiger partial charge in [-0.15, -0.1) is 0 Å². The number of phenols is 1. The molecule has 0 saturated carbocycles. The van der Waals surface area contributed by atoms with Crippen molar-refractivity contribution in [3.8, 4) is 5.75 Å². The third-order valence-electron chi connectivity index (χ3n) is 3.52. The molecule has 3 N–H and O–H groups in total. The molecular weight excluding hydrogens is 364 g/mol. The first kappa shape index (κ1) is 18.7. The van der Waals surface area contributed by atoms with E-state index in [0.717, 1.165) is 10.6 Å². The van der Waals surface area contributed by atoms with Crippen LogP contribution in [0.4, 0.5) is 15.6 Å². The Morgan fingerprint density at radius 2 is 1.85 bits per heavy atom. The predicted octanol–water partition coefficient (Wildman–Crippen LogP) is 4.95. The summed E-state index contributed by atoms with van der Waals surface area (Å²) in [5, 5.41) is 15.0. The highest BCUT2D eigenvalue weighted by atomic mass is 32.1. The molecular formula is C19H20N4O3S. The first-order valence-corrected chi connectivity index (χ1v) is 9.08. The summed E-state index contributed by atoms with van der Waals surface area (Å²) in [6.45, 7) is 6.18. The van der Waals surface area contributed by atoms with Crippen molar-refractivity contribution in [1.29, 1.82) is 0 Å². The summed E-state index contributed by atoms with van der Waals surface area (Å²) in [5.41, 5.74) is 0.478. The van der Waals surface area contributed by atoms with E-state index >= 15 is 0 Å². The Bertz CT molecular complexity index is 952. The standard InChI is InChI=1S/C19H20N4O3S/c1-19(2,3)15-11-20-16(26-15)9-8-14-10-21-18(27-14)23-17(25)22-12-4-6-13(24)7-5-12/h4-11,24H,1-3H3,(H2,21,22,23,25). The zero-order valence-electron chi connectivity index (χ0n) is 15.2. The Labute approximate surface area is 160 Å². The maximum Gasteiger partial charge on any atom is 0.325 e. The Kier molecular flexibility index (Phi) is 5.27. The molecule has 0 unspecified atom stereocenters. The first-order valence-electron chi connectivity index (χ1n) is 8.27. The van der Waals surface area contributed by atoms with E-state index in [1.165, 1.54) is 23.5 Å². The second-order valence-corrected chi connectivity index (χ2v) is 7.90. The Hall–Kier alpha value is -3.13. The van der Waals surface area contributed by atoms with Gasteiger partial charge in [-0.1, -0.05) is 32.1 Å². The number of hydrogen-bond donors (Lipinski definition) is 3. The van der Waals surface area contributed by atoms with Crippen molar-refractivity contribution in [3.63, 3.8) is 0 Å². The average molecular weight is 384 g/mol. The van der Waals surface area contributed by atoms with Crippen LogP contribution in [0.2, 0.25) is 0 Å². The quantitative estimate of drug-likeness (QED) is 0.553. The Morgan fingerprint density at radius 1 is 1.11 bits per heavy atom. The van der Waals surface area contributed by atoms with Crippen LogP contribution in [0.5, 0.6) is 5.75 Å². The summed E-state index contributed by atoms with van der Waals surface area (Å²) in [4.78, 5) is 21.3.